The Bertz CT molecular complexity index is 1350. The lowest BCUT2D eigenvalue weighted by Crippen LogP contribution is -2.48. The van der Waals surface area contributed by atoms with Gasteiger partial charge < -0.3 is 14.4 Å². The Labute approximate surface area is 217 Å². The second-order valence-corrected chi connectivity index (χ2v) is 12.8. The van der Waals surface area contributed by atoms with Crippen molar-refractivity contribution in [2.45, 2.75) is 30.9 Å². The van der Waals surface area contributed by atoms with Crippen LogP contribution in [-0.2, 0) is 24.8 Å². The van der Waals surface area contributed by atoms with E-state index in [4.69, 9.17) is 9.47 Å². The molecule has 0 aliphatic carbocycles. The van der Waals surface area contributed by atoms with Gasteiger partial charge in [0, 0.05) is 32.9 Å². The number of fused-ring (bicyclic) bond motifs is 1. The summed E-state index contributed by atoms with van der Waals surface area (Å²) in [5.41, 5.74) is 0.0827. The molecular formula is C24H32FN3O7S2. The molecule has 1 aliphatic rings. The molecule has 2 aromatic carbocycles. The Kier molecular flexibility index (Phi) is 8.83. The average molecular weight is 558 g/mol. The molecule has 1 aliphatic heterocycles. The summed E-state index contributed by atoms with van der Waals surface area (Å²) < 4.78 is 79.8. The fraction of sp³-hybridized carbons (Fsp3) is 0.458. The molecule has 0 fully saturated rings. The van der Waals surface area contributed by atoms with Crippen molar-refractivity contribution < 1.29 is 35.5 Å². The van der Waals surface area contributed by atoms with Gasteiger partial charge in [-0.05, 0) is 43.2 Å². The number of carbonyl (C=O) groups excluding carboxylic acids is 1. The zero-order chi connectivity index (χ0) is 27.5. The number of benzene rings is 2. The van der Waals surface area contributed by atoms with E-state index in [1.54, 1.807) is 14.0 Å². The molecule has 1 N–H and O–H groups in total. The fourth-order valence-corrected chi connectivity index (χ4v) is 6.49. The first-order chi connectivity index (χ1) is 17.2. The van der Waals surface area contributed by atoms with Gasteiger partial charge in [0.15, 0.2) is 0 Å². The summed E-state index contributed by atoms with van der Waals surface area (Å²) in [6, 6.07) is 8.49. The SMILES string of the molecule is CO[C@@H]1CN(C)C(=O)c2cc(NS(=O)(=O)c3ccccc3F)ccc2OC[C@@H](C)N(S(C)(=O)=O)C[C@H]1C. The molecule has 0 spiro atoms. The van der Waals surface area contributed by atoms with Crippen LogP contribution < -0.4 is 9.46 Å². The monoisotopic (exact) mass is 557 g/mol. The van der Waals surface area contributed by atoms with E-state index in [-0.39, 0.29) is 42.6 Å². The predicted molar refractivity (Wildman–Crippen MR) is 137 cm³/mol. The number of hydrogen-bond donors (Lipinski definition) is 1. The van der Waals surface area contributed by atoms with E-state index in [0.717, 1.165) is 18.4 Å². The molecule has 3 atom stereocenters. The molecule has 0 radical (unpaired) electrons. The van der Waals surface area contributed by atoms with Crippen LogP contribution in [0.1, 0.15) is 24.2 Å². The first-order valence-corrected chi connectivity index (χ1v) is 14.9. The highest BCUT2D eigenvalue weighted by atomic mass is 32.2. The molecule has 10 nitrogen and oxygen atoms in total. The predicted octanol–water partition coefficient (Wildman–Crippen LogP) is 2.39. The maximum atomic E-state index is 14.1. The lowest BCUT2D eigenvalue weighted by Gasteiger charge is -2.34. The van der Waals surface area contributed by atoms with Crippen LogP contribution in [0.4, 0.5) is 10.1 Å². The Morgan fingerprint density at radius 2 is 1.76 bits per heavy atom. The number of carbonyl (C=O) groups is 1. The number of nitrogens with zero attached hydrogens (tertiary/aromatic N) is 2. The smallest absolute Gasteiger partial charge is 0.264 e. The van der Waals surface area contributed by atoms with Gasteiger partial charge in [-0.1, -0.05) is 19.1 Å². The van der Waals surface area contributed by atoms with Gasteiger partial charge in [0.2, 0.25) is 10.0 Å². The third-order valence-electron chi connectivity index (χ3n) is 6.19. The second-order valence-electron chi connectivity index (χ2n) is 9.18. The zero-order valence-corrected chi connectivity index (χ0v) is 23.0. The number of amides is 1. The lowest BCUT2D eigenvalue weighted by molar-refractivity contribution is 0.0213. The van der Waals surface area contributed by atoms with Crippen molar-refractivity contribution in [1.29, 1.82) is 0 Å². The molecule has 1 amide bonds. The average Bonchev–Trinajstić information content (AvgIpc) is 2.82. The normalized spacial score (nSPS) is 22.4. The largest absolute Gasteiger partial charge is 0.491 e. The van der Waals surface area contributed by atoms with Crippen LogP contribution in [0, 0.1) is 11.7 Å². The number of anilines is 1. The fourth-order valence-electron chi connectivity index (χ4n) is 4.14. The first-order valence-electron chi connectivity index (χ1n) is 11.5. The van der Waals surface area contributed by atoms with Crippen molar-refractivity contribution in [1.82, 2.24) is 9.21 Å². The van der Waals surface area contributed by atoms with Gasteiger partial charge in [0.25, 0.3) is 15.9 Å². The Morgan fingerprint density at radius 1 is 1.08 bits per heavy atom. The van der Waals surface area contributed by atoms with Gasteiger partial charge in [-0.3, -0.25) is 9.52 Å². The quantitative estimate of drug-likeness (QED) is 0.599. The minimum Gasteiger partial charge on any atom is -0.491 e. The van der Waals surface area contributed by atoms with Crippen molar-refractivity contribution >= 4 is 31.6 Å². The van der Waals surface area contributed by atoms with Gasteiger partial charge >= 0.3 is 0 Å². The molecule has 0 saturated heterocycles. The van der Waals surface area contributed by atoms with Crippen molar-refractivity contribution in [3.8, 4) is 5.75 Å². The third-order valence-corrected chi connectivity index (χ3v) is 8.97. The molecule has 0 aromatic heterocycles. The maximum absolute atomic E-state index is 14.1. The molecule has 204 valence electrons. The van der Waals surface area contributed by atoms with Crippen LogP contribution in [0.3, 0.4) is 0 Å². The van der Waals surface area contributed by atoms with Crippen LogP contribution in [0.15, 0.2) is 47.4 Å². The van der Waals surface area contributed by atoms with Crippen molar-refractivity contribution in [2.24, 2.45) is 5.92 Å². The molecule has 1 heterocycles. The second kappa shape index (κ2) is 11.3. The van der Waals surface area contributed by atoms with E-state index in [0.29, 0.717) is 0 Å². The zero-order valence-electron chi connectivity index (χ0n) is 21.3. The number of halogens is 1. The standard InChI is InChI=1S/C24H32FN3O7S2/c1-16-13-28(36(5,30)31)17(2)15-35-21-11-10-18(12-19(21)24(29)27(3)14-22(16)34-4)26-37(32,33)23-9-7-6-8-20(23)25/h6-12,16-17,22,26H,13-15H2,1-5H3/t16-,17-,22-/m1/s1. The van der Waals surface area contributed by atoms with E-state index < -0.39 is 48.8 Å². The summed E-state index contributed by atoms with van der Waals surface area (Å²) in [6.45, 7) is 3.81. The highest BCUT2D eigenvalue weighted by Crippen LogP contribution is 2.28. The highest BCUT2D eigenvalue weighted by Gasteiger charge is 2.32. The van der Waals surface area contributed by atoms with Crippen LogP contribution >= 0.6 is 0 Å². The van der Waals surface area contributed by atoms with Gasteiger partial charge in [0.1, 0.15) is 23.1 Å². The summed E-state index contributed by atoms with van der Waals surface area (Å²) in [5, 5.41) is 0. The topological polar surface area (TPSA) is 122 Å². The van der Waals surface area contributed by atoms with E-state index in [2.05, 4.69) is 4.72 Å². The van der Waals surface area contributed by atoms with Crippen LogP contribution in [0.25, 0.3) is 0 Å². The number of nitrogens with one attached hydrogen (secondary N) is 1. The molecule has 0 saturated carbocycles. The van der Waals surface area contributed by atoms with Crippen molar-refractivity contribution in [3.63, 3.8) is 0 Å². The molecule has 2 aromatic rings. The summed E-state index contributed by atoms with van der Waals surface area (Å²) >= 11 is 0. The van der Waals surface area contributed by atoms with Crippen molar-refractivity contribution in [3.05, 3.63) is 53.8 Å². The summed E-state index contributed by atoms with van der Waals surface area (Å²) in [6.07, 6.45) is 0.651. The minimum absolute atomic E-state index is 0.0296. The van der Waals surface area contributed by atoms with Gasteiger partial charge in [-0.15, -0.1) is 0 Å². The molecule has 0 unspecified atom stereocenters. The van der Waals surface area contributed by atoms with E-state index in [1.807, 2.05) is 6.92 Å². The summed E-state index contributed by atoms with van der Waals surface area (Å²) in [7, 11) is -4.80. The Balaban J connectivity index is 2.02. The molecule has 37 heavy (non-hydrogen) atoms. The summed E-state index contributed by atoms with van der Waals surface area (Å²) in [4.78, 5) is 14.3. The number of rotatable bonds is 5. The molecule has 3 rings (SSSR count). The van der Waals surface area contributed by atoms with E-state index in [1.165, 1.54) is 46.6 Å². The van der Waals surface area contributed by atoms with E-state index >= 15 is 0 Å². The Morgan fingerprint density at radius 3 is 2.38 bits per heavy atom. The van der Waals surface area contributed by atoms with Crippen LogP contribution in [-0.4, -0.2) is 84.2 Å². The molecular weight excluding hydrogens is 525 g/mol. The first kappa shape index (κ1) is 28.8. The number of ether oxygens (including phenoxy) is 2. The van der Waals surface area contributed by atoms with Gasteiger partial charge in [0.05, 0.1) is 24.0 Å². The Hall–Kier alpha value is -2.74. The van der Waals surface area contributed by atoms with Crippen LogP contribution in [0.5, 0.6) is 5.75 Å². The third kappa shape index (κ3) is 6.78. The van der Waals surface area contributed by atoms with E-state index in [9.17, 15) is 26.0 Å². The maximum Gasteiger partial charge on any atom is 0.264 e. The van der Waals surface area contributed by atoms with Gasteiger partial charge in [-0.25, -0.2) is 21.2 Å². The molecule has 13 heteroatoms. The number of methoxy groups -OCH3 is 1. The number of hydrogen-bond acceptors (Lipinski definition) is 7. The number of sulfonamides is 2. The van der Waals surface area contributed by atoms with Crippen molar-refractivity contribution in [2.75, 3.05) is 44.8 Å². The summed E-state index contributed by atoms with van der Waals surface area (Å²) in [5.74, 6) is -1.47. The highest BCUT2D eigenvalue weighted by molar-refractivity contribution is 7.92. The molecule has 0 bridgehead atoms. The van der Waals surface area contributed by atoms with Gasteiger partial charge in [-0.2, -0.15) is 4.31 Å². The van der Waals surface area contributed by atoms with Crippen LogP contribution in [0.2, 0.25) is 0 Å². The minimum atomic E-state index is -4.28. The number of likely N-dealkylation sites (N-methyl/N-ethyl adjacent to an activating group) is 1. The lowest BCUT2D eigenvalue weighted by atomic mass is 10.0.